The fourth-order valence-corrected chi connectivity index (χ4v) is 2.38. The minimum Gasteiger partial charge on any atom is -0.490 e. The van der Waals surface area contributed by atoms with Crippen molar-refractivity contribution in [2.75, 3.05) is 19.7 Å². The highest BCUT2D eigenvalue weighted by molar-refractivity contribution is 5.85. The van der Waals surface area contributed by atoms with Gasteiger partial charge in [0.15, 0.2) is 11.6 Å². The lowest BCUT2D eigenvalue weighted by atomic mass is 9.89. The van der Waals surface area contributed by atoms with Crippen molar-refractivity contribution in [3.05, 3.63) is 29.6 Å². The van der Waals surface area contributed by atoms with Gasteiger partial charge in [0, 0.05) is 5.56 Å². The van der Waals surface area contributed by atoms with Crippen molar-refractivity contribution in [3.8, 4) is 5.75 Å². The van der Waals surface area contributed by atoms with Crippen molar-refractivity contribution in [3.63, 3.8) is 0 Å². The second kappa shape index (κ2) is 7.71. The molecule has 0 atom stereocenters. The Hall–Kier alpha value is -0.800. The first-order valence-corrected chi connectivity index (χ1v) is 6.80. The first-order chi connectivity index (χ1) is 8.68. The maximum atomic E-state index is 13.9. The van der Waals surface area contributed by atoms with Gasteiger partial charge < -0.3 is 10.1 Å². The highest BCUT2D eigenvalue weighted by Crippen LogP contribution is 2.34. The largest absolute Gasteiger partial charge is 0.490 e. The lowest BCUT2D eigenvalue weighted by molar-refractivity contribution is 0.253. The Morgan fingerprint density at radius 3 is 2.63 bits per heavy atom. The van der Waals surface area contributed by atoms with Crippen LogP contribution in [0, 0.1) is 11.7 Å². The summed E-state index contributed by atoms with van der Waals surface area (Å²) in [4.78, 5) is 0. The summed E-state index contributed by atoms with van der Waals surface area (Å²) < 4.78 is 19.6. The van der Waals surface area contributed by atoms with E-state index in [2.05, 4.69) is 19.2 Å². The molecule has 1 saturated heterocycles. The van der Waals surface area contributed by atoms with E-state index in [9.17, 15) is 4.39 Å². The monoisotopic (exact) mass is 287 g/mol. The quantitative estimate of drug-likeness (QED) is 0.911. The molecule has 1 heterocycles. The van der Waals surface area contributed by atoms with Crippen molar-refractivity contribution in [2.45, 2.75) is 32.6 Å². The normalized spacial score (nSPS) is 16.2. The van der Waals surface area contributed by atoms with Crippen LogP contribution in [0.2, 0.25) is 0 Å². The zero-order chi connectivity index (χ0) is 13.0. The fourth-order valence-electron chi connectivity index (χ4n) is 2.38. The summed E-state index contributed by atoms with van der Waals surface area (Å²) in [6.45, 7) is 6.73. The highest BCUT2D eigenvalue weighted by Gasteiger charge is 2.21. The minimum atomic E-state index is -0.230. The van der Waals surface area contributed by atoms with E-state index >= 15 is 0 Å². The van der Waals surface area contributed by atoms with Gasteiger partial charge in [-0.05, 0) is 43.8 Å². The first-order valence-electron chi connectivity index (χ1n) is 6.80. The van der Waals surface area contributed by atoms with Gasteiger partial charge in [0.1, 0.15) is 0 Å². The van der Waals surface area contributed by atoms with Gasteiger partial charge in [-0.2, -0.15) is 0 Å². The molecule has 4 heteroatoms. The Morgan fingerprint density at radius 2 is 2.00 bits per heavy atom. The third kappa shape index (κ3) is 4.36. The van der Waals surface area contributed by atoms with E-state index in [1.54, 1.807) is 6.07 Å². The Bertz CT molecular complexity index is 392. The molecule has 0 saturated carbocycles. The molecule has 0 aliphatic carbocycles. The summed E-state index contributed by atoms with van der Waals surface area (Å²) in [6.07, 6.45) is 2.11. The molecule has 19 heavy (non-hydrogen) atoms. The predicted octanol–water partition coefficient (Wildman–Crippen LogP) is 3.75. The molecule has 2 rings (SSSR count). The molecule has 0 unspecified atom stereocenters. The number of piperidine rings is 1. The molecule has 1 N–H and O–H groups in total. The number of hydrogen-bond donors (Lipinski definition) is 1. The molecule has 0 radical (unpaired) electrons. The topological polar surface area (TPSA) is 21.3 Å². The second-order valence-electron chi connectivity index (χ2n) is 5.39. The first kappa shape index (κ1) is 16.3. The smallest absolute Gasteiger partial charge is 0.165 e. The van der Waals surface area contributed by atoms with Crippen molar-refractivity contribution in [1.82, 2.24) is 5.32 Å². The van der Waals surface area contributed by atoms with Crippen LogP contribution >= 0.6 is 12.4 Å². The third-order valence-electron chi connectivity index (χ3n) is 3.34. The van der Waals surface area contributed by atoms with Gasteiger partial charge in [-0.3, -0.25) is 0 Å². The zero-order valence-corrected chi connectivity index (χ0v) is 12.4. The van der Waals surface area contributed by atoms with E-state index in [0.717, 1.165) is 31.5 Å². The van der Waals surface area contributed by atoms with Crippen LogP contribution in [0.1, 0.15) is 38.2 Å². The Morgan fingerprint density at radius 1 is 1.32 bits per heavy atom. The van der Waals surface area contributed by atoms with Crippen LogP contribution in [0.25, 0.3) is 0 Å². The fraction of sp³-hybridized carbons (Fsp3) is 0.600. The number of para-hydroxylation sites is 1. The third-order valence-corrected chi connectivity index (χ3v) is 3.34. The molecule has 1 fully saturated rings. The van der Waals surface area contributed by atoms with Crippen LogP contribution < -0.4 is 10.1 Å². The maximum Gasteiger partial charge on any atom is 0.165 e. The van der Waals surface area contributed by atoms with E-state index in [1.165, 1.54) is 6.07 Å². The molecular formula is C15H23ClFNO. The molecule has 108 valence electrons. The Balaban J connectivity index is 0.00000180. The van der Waals surface area contributed by atoms with E-state index in [0.29, 0.717) is 24.2 Å². The Labute approximate surface area is 121 Å². The summed E-state index contributed by atoms with van der Waals surface area (Å²) in [5.41, 5.74) is 1.04. The molecule has 0 aromatic heterocycles. The Kier molecular flexibility index (Phi) is 6.59. The molecule has 0 bridgehead atoms. The lowest BCUT2D eigenvalue weighted by Crippen LogP contribution is -2.27. The van der Waals surface area contributed by atoms with Crippen LogP contribution in [-0.4, -0.2) is 19.7 Å². The molecule has 1 aliphatic rings. The van der Waals surface area contributed by atoms with Crippen molar-refractivity contribution < 1.29 is 9.13 Å². The maximum absolute atomic E-state index is 13.9. The summed E-state index contributed by atoms with van der Waals surface area (Å²) in [5, 5.41) is 3.33. The van der Waals surface area contributed by atoms with Gasteiger partial charge >= 0.3 is 0 Å². The van der Waals surface area contributed by atoms with Crippen LogP contribution in [0.5, 0.6) is 5.75 Å². The van der Waals surface area contributed by atoms with E-state index in [4.69, 9.17) is 4.74 Å². The number of ether oxygens (including phenoxy) is 1. The number of benzene rings is 1. The summed E-state index contributed by atoms with van der Waals surface area (Å²) in [6, 6.07) is 5.28. The second-order valence-corrected chi connectivity index (χ2v) is 5.39. The molecule has 1 aliphatic heterocycles. The average molecular weight is 288 g/mol. The summed E-state index contributed by atoms with van der Waals surface area (Å²) in [7, 11) is 0. The van der Waals surface area contributed by atoms with Crippen molar-refractivity contribution in [2.24, 2.45) is 5.92 Å². The lowest BCUT2D eigenvalue weighted by Gasteiger charge is -2.25. The van der Waals surface area contributed by atoms with Gasteiger partial charge in [-0.25, -0.2) is 4.39 Å². The van der Waals surface area contributed by atoms with E-state index < -0.39 is 0 Å². The van der Waals surface area contributed by atoms with E-state index in [-0.39, 0.29) is 18.2 Å². The number of hydrogen-bond acceptors (Lipinski definition) is 2. The predicted molar refractivity (Wildman–Crippen MR) is 78.8 cm³/mol. The van der Waals surface area contributed by atoms with Crippen LogP contribution in [-0.2, 0) is 0 Å². The van der Waals surface area contributed by atoms with Gasteiger partial charge in [0.05, 0.1) is 6.61 Å². The summed E-state index contributed by atoms with van der Waals surface area (Å²) in [5.74, 6) is 1.07. The molecule has 0 spiro atoms. The van der Waals surface area contributed by atoms with Gasteiger partial charge in [-0.1, -0.05) is 26.0 Å². The number of halogens is 2. The van der Waals surface area contributed by atoms with Gasteiger partial charge in [-0.15, -0.1) is 12.4 Å². The van der Waals surface area contributed by atoms with Gasteiger partial charge in [0.25, 0.3) is 0 Å². The van der Waals surface area contributed by atoms with Crippen LogP contribution in [0.4, 0.5) is 4.39 Å². The number of rotatable bonds is 4. The number of nitrogens with one attached hydrogen (secondary N) is 1. The SMILES string of the molecule is CC(C)COc1c(F)cccc1C1CCNCC1.Cl. The van der Waals surface area contributed by atoms with E-state index in [1.807, 2.05) is 6.07 Å². The molecule has 1 aromatic rings. The van der Waals surface area contributed by atoms with Crippen molar-refractivity contribution >= 4 is 12.4 Å². The average Bonchev–Trinajstić information content (AvgIpc) is 2.38. The highest BCUT2D eigenvalue weighted by atomic mass is 35.5. The van der Waals surface area contributed by atoms with Crippen molar-refractivity contribution in [1.29, 1.82) is 0 Å². The zero-order valence-electron chi connectivity index (χ0n) is 11.6. The standard InChI is InChI=1S/C15H22FNO.ClH/c1-11(2)10-18-15-13(4-3-5-14(15)16)12-6-8-17-9-7-12;/h3-5,11-12,17H,6-10H2,1-2H3;1H. The van der Waals surface area contributed by atoms with Crippen LogP contribution in [0.3, 0.4) is 0 Å². The summed E-state index contributed by atoms with van der Waals surface area (Å²) >= 11 is 0. The molecule has 2 nitrogen and oxygen atoms in total. The van der Waals surface area contributed by atoms with Crippen LogP contribution in [0.15, 0.2) is 18.2 Å². The molecule has 0 amide bonds. The van der Waals surface area contributed by atoms with Gasteiger partial charge in [0.2, 0.25) is 0 Å². The molecular weight excluding hydrogens is 265 g/mol. The molecule has 1 aromatic carbocycles. The minimum absolute atomic E-state index is 0.